The Labute approximate surface area is 215 Å². The van der Waals surface area contributed by atoms with E-state index in [-0.39, 0.29) is 22.9 Å². The van der Waals surface area contributed by atoms with Gasteiger partial charge in [-0.3, -0.25) is 4.79 Å². The molecule has 2 aliphatic heterocycles. The molecule has 0 bridgehead atoms. The fourth-order valence-electron chi connectivity index (χ4n) is 5.54. The molecule has 194 valence electrons. The number of amides is 1. The van der Waals surface area contributed by atoms with Crippen molar-refractivity contribution in [2.24, 2.45) is 0 Å². The summed E-state index contributed by atoms with van der Waals surface area (Å²) in [6.07, 6.45) is 2.58. The van der Waals surface area contributed by atoms with E-state index in [0.29, 0.717) is 63.6 Å². The first kappa shape index (κ1) is 25.3. The largest absolute Gasteiger partial charge is 0.381 e. The fraction of sp³-hybridized carbons (Fsp3) is 0.577. The van der Waals surface area contributed by atoms with Gasteiger partial charge >= 0.3 is 0 Å². The first-order chi connectivity index (χ1) is 17.4. The van der Waals surface area contributed by atoms with E-state index in [2.05, 4.69) is 20.2 Å². The maximum atomic E-state index is 14.4. The van der Waals surface area contributed by atoms with Crippen LogP contribution in [-0.2, 0) is 9.53 Å². The normalized spacial score (nSPS) is 23.6. The summed E-state index contributed by atoms with van der Waals surface area (Å²) in [5.41, 5.74) is 2.00. The van der Waals surface area contributed by atoms with Crippen molar-refractivity contribution in [2.75, 3.05) is 50.8 Å². The van der Waals surface area contributed by atoms with Gasteiger partial charge in [0.2, 0.25) is 5.91 Å². The smallest absolute Gasteiger partial charge is 0.231 e. The zero-order chi connectivity index (χ0) is 25.2. The van der Waals surface area contributed by atoms with Crippen LogP contribution < -0.4 is 10.2 Å². The van der Waals surface area contributed by atoms with Crippen LogP contribution in [0, 0.1) is 5.82 Å². The van der Waals surface area contributed by atoms with E-state index in [1.165, 1.54) is 18.5 Å². The average molecular weight is 520 g/mol. The molecule has 1 amide bonds. The first-order valence-electron chi connectivity index (χ1n) is 12.7. The first-order valence-corrected chi connectivity index (χ1v) is 13.1. The number of nitrogens with one attached hydrogen (secondary N) is 1. The second kappa shape index (κ2) is 10.9. The van der Waals surface area contributed by atoms with Crippen LogP contribution in [-0.4, -0.2) is 72.8 Å². The number of alkyl halides is 1. The number of halogens is 3. The molecule has 3 atom stereocenters. The molecule has 0 radical (unpaired) electrons. The lowest BCUT2D eigenvalue weighted by atomic mass is 9.95. The Morgan fingerprint density at radius 3 is 2.69 bits per heavy atom. The van der Waals surface area contributed by atoms with Crippen LogP contribution in [0.25, 0.3) is 0 Å². The van der Waals surface area contributed by atoms with Gasteiger partial charge in [0.1, 0.15) is 24.1 Å². The third-order valence-corrected chi connectivity index (χ3v) is 7.92. The van der Waals surface area contributed by atoms with E-state index < -0.39 is 17.9 Å². The third kappa shape index (κ3) is 5.19. The van der Waals surface area contributed by atoms with Crippen molar-refractivity contribution in [1.82, 2.24) is 20.2 Å². The van der Waals surface area contributed by atoms with Gasteiger partial charge in [0.25, 0.3) is 0 Å². The van der Waals surface area contributed by atoms with Crippen molar-refractivity contribution < 1.29 is 18.3 Å². The van der Waals surface area contributed by atoms with Gasteiger partial charge in [-0.1, -0.05) is 24.6 Å². The summed E-state index contributed by atoms with van der Waals surface area (Å²) < 4.78 is 34.1. The van der Waals surface area contributed by atoms with Gasteiger partial charge in [-0.05, 0) is 42.9 Å². The Morgan fingerprint density at radius 1 is 1.22 bits per heavy atom. The molecule has 1 N–H and O–H groups in total. The van der Waals surface area contributed by atoms with Crippen molar-refractivity contribution in [2.45, 2.75) is 50.2 Å². The van der Waals surface area contributed by atoms with Crippen molar-refractivity contribution in [1.29, 1.82) is 0 Å². The predicted octanol–water partition coefficient (Wildman–Crippen LogP) is 3.99. The topological polar surface area (TPSA) is 70.6 Å². The fourth-order valence-corrected chi connectivity index (χ4v) is 5.65. The Kier molecular flexibility index (Phi) is 7.69. The second-order valence-electron chi connectivity index (χ2n) is 9.93. The van der Waals surface area contributed by atoms with Crippen LogP contribution in [0.5, 0.6) is 0 Å². The van der Waals surface area contributed by atoms with Gasteiger partial charge in [-0.25, -0.2) is 18.7 Å². The molecule has 1 aliphatic carbocycles. The van der Waals surface area contributed by atoms with Crippen molar-refractivity contribution in [3.05, 3.63) is 52.2 Å². The molecule has 0 saturated carbocycles. The molecular weight excluding hydrogens is 488 g/mol. The van der Waals surface area contributed by atoms with Crippen molar-refractivity contribution >= 4 is 23.3 Å². The molecule has 36 heavy (non-hydrogen) atoms. The lowest BCUT2D eigenvalue weighted by molar-refractivity contribution is -0.133. The molecule has 1 aromatic heterocycles. The summed E-state index contributed by atoms with van der Waals surface area (Å²) in [5.74, 6) is -0.257. The number of ether oxygens (including phenoxy) is 1. The standard InChI is InChI=1S/C26H32ClF2N5O2/c1-16-12-22(29)24-23(16)25(32-15-31-24)33-6-8-34(9-7-33)26(35)19(14-30-18-4-10-36-11-5-18)17-2-3-20(27)21(28)13-17/h2-3,13,15-16,18-19,22,30H,4-12,14H2,1H3/t16-,19-,22+/m1/s1. The van der Waals surface area contributed by atoms with Crippen LogP contribution in [0.15, 0.2) is 24.5 Å². The Balaban J connectivity index is 1.29. The molecular formula is C26H32ClF2N5O2. The van der Waals surface area contributed by atoms with Crippen molar-refractivity contribution in [3.63, 3.8) is 0 Å². The SMILES string of the molecule is C[C@@H]1C[C@H](F)c2ncnc(N3CCN(C(=O)[C@H](CNC4CCOCC4)c4ccc(Cl)c(F)c4)CC3)c21. The minimum Gasteiger partial charge on any atom is -0.381 e. The van der Waals surface area contributed by atoms with Gasteiger partial charge < -0.3 is 19.9 Å². The monoisotopic (exact) mass is 519 g/mol. The van der Waals surface area contributed by atoms with E-state index in [9.17, 15) is 13.6 Å². The number of rotatable bonds is 6. The summed E-state index contributed by atoms with van der Waals surface area (Å²) in [6, 6.07) is 4.87. The Morgan fingerprint density at radius 2 is 1.97 bits per heavy atom. The van der Waals surface area contributed by atoms with E-state index in [1.807, 2.05) is 11.8 Å². The van der Waals surface area contributed by atoms with Gasteiger partial charge in [-0.15, -0.1) is 0 Å². The van der Waals surface area contributed by atoms with Crippen LogP contribution in [0.3, 0.4) is 0 Å². The number of fused-ring (bicyclic) bond motifs is 1. The Hall–Kier alpha value is -2.36. The summed E-state index contributed by atoms with van der Waals surface area (Å²) >= 11 is 5.91. The molecule has 7 nitrogen and oxygen atoms in total. The third-order valence-electron chi connectivity index (χ3n) is 7.61. The van der Waals surface area contributed by atoms with E-state index in [4.69, 9.17) is 16.3 Å². The predicted molar refractivity (Wildman–Crippen MR) is 134 cm³/mol. The molecule has 1 aromatic carbocycles. The molecule has 2 saturated heterocycles. The second-order valence-corrected chi connectivity index (χ2v) is 10.3. The number of carbonyl (C=O) groups excluding carboxylic acids is 1. The van der Waals surface area contributed by atoms with Crippen LogP contribution in [0.4, 0.5) is 14.6 Å². The van der Waals surface area contributed by atoms with Gasteiger partial charge in [0, 0.05) is 57.5 Å². The molecule has 5 rings (SSSR count). The highest BCUT2D eigenvalue weighted by Gasteiger charge is 2.36. The van der Waals surface area contributed by atoms with Crippen LogP contribution in [0.1, 0.15) is 61.0 Å². The summed E-state index contributed by atoms with van der Waals surface area (Å²) in [7, 11) is 0. The minimum absolute atomic E-state index is 0.0399. The summed E-state index contributed by atoms with van der Waals surface area (Å²) in [4.78, 5) is 26.3. The zero-order valence-electron chi connectivity index (χ0n) is 20.4. The van der Waals surface area contributed by atoms with E-state index in [1.54, 1.807) is 6.07 Å². The minimum atomic E-state index is -1.05. The van der Waals surface area contributed by atoms with E-state index in [0.717, 1.165) is 24.2 Å². The Bertz CT molecular complexity index is 1090. The van der Waals surface area contributed by atoms with E-state index >= 15 is 0 Å². The highest BCUT2D eigenvalue weighted by molar-refractivity contribution is 6.30. The van der Waals surface area contributed by atoms with Gasteiger partial charge in [-0.2, -0.15) is 0 Å². The van der Waals surface area contributed by atoms with Crippen molar-refractivity contribution in [3.8, 4) is 0 Å². The number of hydrogen-bond donors (Lipinski definition) is 1. The quantitative estimate of drug-likeness (QED) is 0.622. The molecule has 3 aliphatic rings. The highest BCUT2D eigenvalue weighted by atomic mass is 35.5. The number of hydrogen-bond acceptors (Lipinski definition) is 6. The lowest BCUT2D eigenvalue weighted by Gasteiger charge is -2.38. The maximum Gasteiger partial charge on any atom is 0.231 e. The lowest BCUT2D eigenvalue weighted by Crippen LogP contribution is -2.52. The average Bonchev–Trinajstić information content (AvgIpc) is 3.20. The molecule has 2 fully saturated rings. The van der Waals surface area contributed by atoms with Gasteiger partial charge in [0.05, 0.1) is 16.6 Å². The zero-order valence-corrected chi connectivity index (χ0v) is 21.2. The van der Waals surface area contributed by atoms with Crippen LogP contribution in [0.2, 0.25) is 5.02 Å². The number of anilines is 1. The molecule has 3 heterocycles. The number of carbonyl (C=O) groups is 1. The highest BCUT2D eigenvalue weighted by Crippen LogP contribution is 2.44. The van der Waals surface area contributed by atoms with Crippen LogP contribution >= 0.6 is 11.6 Å². The number of piperazine rings is 1. The molecule has 0 unspecified atom stereocenters. The summed E-state index contributed by atoms with van der Waals surface area (Å²) in [5, 5.41) is 3.54. The number of benzene rings is 1. The van der Waals surface area contributed by atoms with Gasteiger partial charge in [0.15, 0.2) is 0 Å². The maximum absolute atomic E-state index is 14.4. The molecule has 10 heteroatoms. The number of aromatic nitrogens is 2. The summed E-state index contributed by atoms with van der Waals surface area (Å²) in [6.45, 7) is 6.02. The molecule has 2 aromatic rings. The number of nitrogens with zero attached hydrogens (tertiary/aromatic N) is 4. The molecule has 0 spiro atoms.